The van der Waals surface area contributed by atoms with Crippen molar-refractivity contribution < 1.29 is 0 Å². The topological polar surface area (TPSA) is 26.0 Å². The number of hydrogen-bond acceptors (Lipinski definition) is 2. The second-order valence-corrected chi connectivity index (χ2v) is 7.11. The molecule has 0 spiro atoms. The molecule has 1 nitrogen and oxygen atoms in total. The van der Waals surface area contributed by atoms with Crippen molar-refractivity contribution in [2.45, 2.75) is 0 Å². The van der Waals surface area contributed by atoms with E-state index in [0.29, 0.717) is 0 Å². The molecule has 5 aromatic rings. The monoisotopic (exact) mass is 325 g/mol. The zero-order valence-electron chi connectivity index (χ0n) is 13.0. The SMILES string of the molecule is Nc1cccc2c(-c3cccc4sc5ccccc5c34)cccc12. The molecule has 0 saturated heterocycles. The van der Waals surface area contributed by atoms with Gasteiger partial charge in [0, 0.05) is 31.2 Å². The standard InChI is InChI=1S/C22H15NS/c23-19-11-4-8-14-15(7-3-9-16(14)19)17-10-5-13-21-22(17)18-6-1-2-12-20(18)24-21/h1-13H,23H2. The van der Waals surface area contributed by atoms with Crippen molar-refractivity contribution in [3.05, 3.63) is 78.9 Å². The first-order chi connectivity index (χ1) is 11.8. The number of rotatable bonds is 1. The summed E-state index contributed by atoms with van der Waals surface area (Å²) in [6, 6.07) is 27.8. The van der Waals surface area contributed by atoms with E-state index < -0.39 is 0 Å². The maximum atomic E-state index is 6.19. The van der Waals surface area contributed by atoms with Crippen molar-refractivity contribution >= 4 is 48.0 Å². The Balaban J connectivity index is 1.96. The van der Waals surface area contributed by atoms with Gasteiger partial charge in [0.25, 0.3) is 0 Å². The number of thiophene rings is 1. The van der Waals surface area contributed by atoms with Gasteiger partial charge in [0.05, 0.1) is 0 Å². The third-order valence-corrected chi connectivity index (χ3v) is 5.78. The predicted octanol–water partition coefficient (Wildman–Crippen LogP) is 6.46. The van der Waals surface area contributed by atoms with Gasteiger partial charge in [-0.1, -0.05) is 60.7 Å². The first-order valence-electron chi connectivity index (χ1n) is 8.01. The number of hydrogen-bond donors (Lipinski definition) is 1. The average molecular weight is 325 g/mol. The molecule has 0 aliphatic rings. The Morgan fingerprint density at radius 2 is 1.21 bits per heavy atom. The Morgan fingerprint density at radius 1 is 0.542 bits per heavy atom. The van der Waals surface area contributed by atoms with Crippen molar-refractivity contribution in [2.75, 3.05) is 5.73 Å². The number of benzene rings is 4. The van der Waals surface area contributed by atoms with E-state index in [1.54, 1.807) is 0 Å². The van der Waals surface area contributed by atoms with Crippen LogP contribution < -0.4 is 5.73 Å². The highest BCUT2D eigenvalue weighted by Gasteiger charge is 2.12. The molecular formula is C22H15NS. The average Bonchev–Trinajstić information content (AvgIpc) is 3.00. The zero-order chi connectivity index (χ0) is 16.1. The van der Waals surface area contributed by atoms with E-state index in [2.05, 4.69) is 66.7 Å². The lowest BCUT2D eigenvalue weighted by molar-refractivity contribution is 1.70. The summed E-state index contributed by atoms with van der Waals surface area (Å²) >= 11 is 1.85. The summed E-state index contributed by atoms with van der Waals surface area (Å²) in [4.78, 5) is 0. The summed E-state index contributed by atoms with van der Waals surface area (Å²) in [7, 11) is 0. The molecule has 0 radical (unpaired) electrons. The number of fused-ring (bicyclic) bond motifs is 4. The Labute approximate surface area is 144 Å². The highest BCUT2D eigenvalue weighted by Crippen LogP contribution is 2.42. The fourth-order valence-corrected chi connectivity index (χ4v) is 4.70. The van der Waals surface area contributed by atoms with Crippen LogP contribution in [0.1, 0.15) is 0 Å². The van der Waals surface area contributed by atoms with Gasteiger partial charge in [0.1, 0.15) is 0 Å². The van der Waals surface area contributed by atoms with Crippen molar-refractivity contribution in [3.8, 4) is 11.1 Å². The summed E-state index contributed by atoms with van der Waals surface area (Å²) in [6.45, 7) is 0. The van der Waals surface area contributed by atoms with Gasteiger partial charge in [-0.2, -0.15) is 0 Å². The molecule has 0 aliphatic carbocycles. The highest BCUT2D eigenvalue weighted by molar-refractivity contribution is 7.25. The van der Waals surface area contributed by atoms with Crippen LogP contribution in [0.15, 0.2) is 78.9 Å². The first kappa shape index (κ1) is 13.6. The fourth-order valence-electron chi connectivity index (χ4n) is 3.57. The summed E-state index contributed by atoms with van der Waals surface area (Å²) in [5.74, 6) is 0. The second-order valence-electron chi connectivity index (χ2n) is 6.02. The lowest BCUT2D eigenvalue weighted by Crippen LogP contribution is -1.88. The maximum absolute atomic E-state index is 6.19. The van der Waals surface area contributed by atoms with E-state index in [1.807, 2.05) is 23.5 Å². The van der Waals surface area contributed by atoms with Crippen LogP contribution in [0.2, 0.25) is 0 Å². The third-order valence-electron chi connectivity index (χ3n) is 4.65. The fraction of sp³-hybridized carbons (Fsp3) is 0. The largest absolute Gasteiger partial charge is 0.398 e. The van der Waals surface area contributed by atoms with Gasteiger partial charge in [-0.3, -0.25) is 0 Å². The Bertz CT molecular complexity index is 1220. The molecule has 2 heteroatoms. The zero-order valence-corrected chi connectivity index (χ0v) is 13.8. The number of nitrogen functional groups attached to an aromatic ring is 1. The van der Waals surface area contributed by atoms with Gasteiger partial charge in [-0.15, -0.1) is 11.3 Å². The Hall–Kier alpha value is -2.84. The minimum atomic E-state index is 0.830. The molecule has 2 N–H and O–H groups in total. The molecule has 0 unspecified atom stereocenters. The van der Waals surface area contributed by atoms with E-state index >= 15 is 0 Å². The van der Waals surface area contributed by atoms with E-state index in [1.165, 1.54) is 36.7 Å². The van der Waals surface area contributed by atoms with Gasteiger partial charge >= 0.3 is 0 Å². The van der Waals surface area contributed by atoms with Crippen molar-refractivity contribution in [3.63, 3.8) is 0 Å². The van der Waals surface area contributed by atoms with Crippen molar-refractivity contribution in [1.82, 2.24) is 0 Å². The van der Waals surface area contributed by atoms with Crippen LogP contribution in [0.25, 0.3) is 42.1 Å². The van der Waals surface area contributed by atoms with Crippen LogP contribution in [0.3, 0.4) is 0 Å². The smallest absolute Gasteiger partial charge is 0.0393 e. The van der Waals surface area contributed by atoms with Gasteiger partial charge < -0.3 is 5.73 Å². The van der Waals surface area contributed by atoms with Crippen LogP contribution in [-0.4, -0.2) is 0 Å². The van der Waals surface area contributed by atoms with Gasteiger partial charge in [-0.05, 0) is 34.7 Å². The van der Waals surface area contributed by atoms with Crippen LogP contribution in [-0.2, 0) is 0 Å². The van der Waals surface area contributed by atoms with E-state index in [-0.39, 0.29) is 0 Å². The normalized spacial score (nSPS) is 11.5. The van der Waals surface area contributed by atoms with Crippen molar-refractivity contribution in [2.24, 2.45) is 0 Å². The molecule has 1 aromatic heterocycles. The molecule has 24 heavy (non-hydrogen) atoms. The Kier molecular flexibility index (Phi) is 2.88. The molecule has 0 aliphatic heterocycles. The minimum Gasteiger partial charge on any atom is -0.398 e. The predicted molar refractivity (Wildman–Crippen MR) is 107 cm³/mol. The molecular weight excluding hydrogens is 310 g/mol. The molecule has 0 saturated carbocycles. The summed E-state index contributed by atoms with van der Waals surface area (Å²) in [5, 5.41) is 4.99. The van der Waals surface area contributed by atoms with Crippen molar-refractivity contribution in [1.29, 1.82) is 0 Å². The van der Waals surface area contributed by atoms with Crippen LogP contribution in [0.4, 0.5) is 5.69 Å². The Morgan fingerprint density at radius 3 is 2.17 bits per heavy atom. The van der Waals surface area contributed by atoms with E-state index in [4.69, 9.17) is 5.73 Å². The number of nitrogens with two attached hydrogens (primary N) is 1. The quantitative estimate of drug-likeness (QED) is 0.352. The molecule has 0 atom stereocenters. The van der Waals surface area contributed by atoms with Gasteiger partial charge in [0.15, 0.2) is 0 Å². The van der Waals surface area contributed by atoms with Gasteiger partial charge in [0.2, 0.25) is 0 Å². The molecule has 114 valence electrons. The van der Waals surface area contributed by atoms with E-state index in [9.17, 15) is 0 Å². The van der Waals surface area contributed by atoms with Crippen LogP contribution in [0.5, 0.6) is 0 Å². The number of anilines is 1. The van der Waals surface area contributed by atoms with Gasteiger partial charge in [-0.25, -0.2) is 0 Å². The lowest BCUT2D eigenvalue weighted by Gasteiger charge is -2.10. The highest BCUT2D eigenvalue weighted by atomic mass is 32.1. The van der Waals surface area contributed by atoms with Crippen LogP contribution >= 0.6 is 11.3 Å². The lowest BCUT2D eigenvalue weighted by atomic mass is 9.94. The molecule has 5 rings (SSSR count). The first-order valence-corrected chi connectivity index (χ1v) is 8.82. The summed E-state index contributed by atoms with van der Waals surface area (Å²) < 4.78 is 2.66. The molecule has 1 heterocycles. The molecule has 4 aromatic carbocycles. The maximum Gasteiger partial charge on any atom is 0.0393 e. The second kappa shape index (κ2) is 5.08. The minimum absolute atomic E-state index is 0.830. The van der Waals surface area contributed by atoms with Crippen LogP contribution in [0, 0.1) is 0 Å². The summed E-state index contributed by atoms with van der Waals surface area (Å²) in [6.07, 6.45) is 0. The summed E-state index contributed by atoms with van der Waals surface area (Å²) in [5.41, 5.74) is 9.54. The molecule has 0 fully saturated rings. The molecule has 0 amide bonds. The molecule has 0 bridgehead atoms. The van der Waals surface area contributed by atoms with E-state index in [0.717, 1.165) is 11.1 Å². The third kappa shape index (κ3) is 1.87.